The van der Waals surface area contributed by atoms with E-state index in [9.17, 15) is 9.59 Å². The molecule has 3 atom stereocenters. The molecule has 1 heterocycles. The monoisotopic (exact) mass is 484 g/mol. The largest absolute Gasteiger partial charge is 0.493 e. The minimum atomic E-state index is -0.851. The minimum Gasteiger partial charge on any atom is -0.493 e. The van der Waals surface area contributed by atoms with Crippen molar-refractivity contribution < 1.29 is 23.5 Å². The van der Waals surface area contributed by atoms with Crippen LogP contribution in [0.25, 0.3) is 0 Å². The number of ether oxygens (including phenoxy) is 2. The van der Waals surface area contributed by atoms with Gasteiger partial charge in [0.1, 0.15) is 11.6 Å². The number of nitrogens with zero attached hydrogens (tertiary/aromatic N) is 2. The number of rotatable bonds is 7. The van der Waals surface area contributed by atoms with Gasteiger partial charge in [0.05, 0.1) is 18.8 Å². The highest BCUT2D eigenvalue weighted by Crippen LogP contribution is 2.51. The van der Waals surface area contributed by atoms with E-state index in [4.69, 9.17) is 9.47 Å². The van der Waals surface area contributed by atoms with E-state index < -0.39 is 23.7 Å². The molecule has 0 aromatic heterocycles. The van der Waals surface area contributed by atoms with Crippen molar-refractivity contribution in [2.24, 2.45) is 28.3 Å². The van der Waals surface area contributed by atoms with Crippen LogP contribution >= 0.6 is 0 Å². The Balaban J connectivity index is 1.33. The predicted molar refractivity (Wildman–Crippen MR) is 131 cm³/mol. The second-order valence-corrected chi connectivity index (χ2v) is 11.6. The molecule has 35 heavy (non-hydrogen) atoms. The summed E-state index contributed by atoms with van der Waals surface area (Å²) in [6.07, 6.45) is 10.0. The molecular formula is C28H37FN2O4. The maximum Gasteiger partial charge on any atom is 0.331 e. The average Bonchev–Trinajstić information content (AvgIpc) is 3.51. The van der Waals surface area contributed by atoms with Crippen LogP contribution in [0, 0.1) is 29.0 Å². The van der Waals surface area contributed by atoms with E-state index in [2.05, 4.69) is 18.9 Å². The van der Waals surface area contributed by atoms with Gasteiger partial charge in [-0.3, -0.25) is 4.79 Å². The van der Waals surface area contributed by atoms with E-state index in [0.717, 1.165) is 54.0 Å². The third-order valence-electron chi connectivity index (χ3n) is 8.22. The number of hydrazone groups is 1. The van der Waals surface area contributed by atoms with Crippen LogP contribution in [0.5, 0.6) is 5.75 Å². The maximum absolute atomic E-state index is 15.3. The van der Waals surface area contributed by atoms with Crippen LogP contribution in [0.3, 0.4) is 0 Å². The molecule has 1 amide bonds. The molecule has 190 valence electrons. The average molecular weight is 485 g/mol. The van der Waals surface area contributed by atoms with E-state index >= 15 is 4.39 Å². The number of amides is 1. The molecule has 1 aromatic carbocycles. The molecule has 0 N–H and O–H groups in total. The lowest BCUT2D eigenvalue weighted by atomic mass is 9.60. The topological polar surface area (TPSA) is 68.2 Å². The van der Waals surface area contributed by atoms with Crippen LogP contribution in [0.15, 0.2) is 17.2 Å². The van der Waals surface area contributed by atoms with Gasteiger partial charge in [0.15, 0.2) is 6.04 Å². The Hall–Kier alpha value is -2.44. The van der Waals surface area contributed by atoms with Gasteiger partial charge in [-0.15, -0.1) is 0 Å². The van der Waals surface area contributed by atoms with Crippen LogP contribution in [0.2, 0.25) is 0 Å². The van der Waals surface area contributed by atoms with Crippen molar-refractivity contribution in [2.75, 3.05) is 13.2 Å². The second kappa shape index (κ2) is 9.55. The number of halogens is 1. The molecule has 1 aromatic rings. The second-order valence-electron chi connectivity index (χ2n) is 11.6. The Morgan fingerprint density at radius 1 is 1.17 bits per heavy atom. The van der Waals surface area contributed by atoms with Crippen molar-refractivity contribution in [3.8, 4) is 5.75 Å². The minimum absolute atomic E-state index is 0.0694. The molecule has 3 fully saturated rings. The summed E-state index contributed by atoms with van der Waals surface area (Å²) >= 11 is 0. The van der Waals surface area contributed by atoms with Crippen molar-refractivity contribution >= 4 is 18.1 Å². The lowest BCUT2D eigenvalue weighted by molar-refractivity contribution is -0.147. The molecule has 4 aliphatic rings. The normalized spacial score (nSPS) is 31.9. The van der Waals surface area contributed by atoms with Gasteiger partial charge >= 0.3 is 5.97 Å². The quantitative estimate of drug-likeness (QED) is 0.466. The standard InChI is InChI=1S/C28H37FN2O4/c1-4-34-27(33)24-7-8-30-31(24)26(32)22-12-21(20-5-6-20)25(13-23(22)29)35-16-28(3)14-18-9-17(2)10-19(11-18)15-28/h8,12-13,17-20,24H,4-7,9-11,14-16H2,1-3H3. The number of esters is 1. The van der Waals surface area contributed by atoms with Gasteiger partial charge in [-0.25, -0.2) is 14.2 Å². The van der Waals surface area contributed by atoms with Gasteiger partial charge in [-0.1, -0.05) is 13.8 Å². The zero-order valence-corrected chi connectivity index (χ0v) is 21.1. The molecule has 3 aliphatic carbocycles. The third-order valence-corrected chi connectivity index (χ3v) is 8.22. The number of benzene rings is 1. The van der Waals surface area contributed by atoms with E-state index in [1.807, 2.05) is 0 Å². The molecular weight excluding hydrogens is 447 g/mol. The number of fused-ring (bicyclic) bond motifs is 2. The van der Waals surface area contributed by atoms with E-state index in [-0.39, 0.29) is 29.9 Å². The molecule has 1 aliphatic heterocycles. The highest BCUT2D eigenvalue weighted by atomic mass is 19.1. The first-order chi connectivity index (χ1) is 16.8. The van der Waals surface area contributed by atoms with Crippen molar-refractivity contribution in [1.82, 2.24) is 5.01 Å². The summed E-state index contributed by atoms with van der Waals surface area (Å²) in [5.74, 6) is 1.38. The van der Waals surface area contributed by atoms with E-state index in [1.54, 1.807) is 13.0 Å². The molecule has 0 spiro atoms. The van der Waals surface area contributed by atoms with Gasteiger partial charge in [-0.2, -0.15) is 5.10 Å². The van der Waals surface area contributed by atoms with Crippen molar-refractivity contribution in [2.45, 2.75) is 84.1 Å². The summed E-state index contributed by atoms with van der Waals surface area (Å²) in [7, 11) is 0. The molecule has 0 saturated heterocycles. The summed E-state index contributed by atoms with van der Waals surface area (Å²) < 4.78 is 26.7. The molecule has 5 rings (SSSR count). The Bertz CT molecular complexity index is 1000. The fraction of sp³-hybridized carbons (Fsp3) is 0.679. The van der Waals surface area contributed by atoms with Crippen molar-refractivity contribution in [3.63, 3.8) is 0 Å². The number of hydrogen-bond acceptors (Lipinski definition) is 5. The van der Waals surface area contributed by atoms with E-state index in [0.29, 0.717) is 12.4 Å². The summed E-state index contributed by atoms with van der Waals surface area (Å²) in [5.41, 5.74) is 0.912. The van der Waals surface area contributed by atoms with Gasteiger partial charge in [-0.05, 0) is 87.2 Å². The highest BCUT2D eigenvalue weighted by Gasteiger charge is 2.42. The zero-order valence-electron chi connectivity index (χ0n) is 21.1. The molecule has 0 radical (unpaired) electrons. The fourth-order valence-corrected chi connectivity index (χ4v) is 6.82. The Kier molecular flexibility index (Phi) is 6.62. The predicted octanol–water partition coefficient (Wildman–Crippen LogP) is 5.70. The van der Waals surface area contributed by atoms with Gasteiger partial charge in [0, 0.05) is 24.1 Å². The Morgan fingerprint density at radius 2 is 1.89 bits per heavy atom. The molecule has 2 bridgehead atoms. The van der Waals surface area contributed by atoms with Crippen LogP contribution < -0.4 is 4.74 Å². The number of hydrogen-bond donors (Lipinski definition) is 0. The Morgan fingerprint density at radius 3 is 2.54 bits per heavy atom. The first-order valence-electron chi connectivity index (χ1n) is 13.2. The first-order valence-corrected chi connectivity index (χ1v) is 13.2. The third kappa shape index (κ3) is 5.10. The Labute approximate surface area is 207 Å². The van der Waals surface area contributed by atoms with Crippen LogP contribution in [-0.4, -0.2) is 42.4 Å². The summed E-state index contributed by atoms with van der Waals surface area (Å²) in [5, 5.41) is 5.10. The summed E-state index contributed by atoms with van der Waals surface area (Å²) in [4.78, 5) is 25.5. The maximum atomic E-state index is 15.3. The lowest BCUT2D eigenvalue weighted by Crippen LogP contribution is -2.40. The van der Waals surface area contributed by atoms with Crippen molar-refractivity contribution in [1.29, 1.82) is 0 Å². The van der Waals surface area contributed by atoms with Gasteiger partial charge < -0.3 is 9.47 Å². The van der Waals surface area contributed by atoms with Crippen molar-refractivity contribution in [3.05, 3.63) is 29.1 Å². The number of carbonyl (C=O) groups excluding carboxylic acids is 2. The molecule has 3 saturated carbocycles. The smallest absolute Gasteiger partial charge is 0.331 e. The highest BCUT2D eigenvalue weighted by molar-refractivity contribution is 5.99. The van der Waals surface area contributed by atoms with Gasteiger partial charge in [0.25, 0.3) is 5.91 Å². The molecule has 3 unspecified atom stereocenters. The van der Waals surface area contributed by atoms with Crippen LogP contribution in [0.1, 0.15) is 94.0 Å². The van der Waals surface area contributed by atoms with E-state index in [1.165, 1.54) is 31.5 Å². The number of carbonyl (C=O) groups is 2. The first kappa shape index (κ1) is 24.3. The van der Waals surface area contributed by atoms with Crippen LogP contribution in [-0.2, 0) is 9.53 Å². The SMILES string of the molecule is CCOC(=O)C1CC=NN1C(=O)c1cc(C2CC2)c(OCC2(C)CC3CC(C)CC(C3)C2)cc1F. The fourth-order valence-electron chi connectivity index (χ4n) is 6.82. The van der Waals surface area contributed by atoms with Gasteiger partial charge in [0.2, 0.25) is 0 Å². The summed E-state index contributed by atoms with van der Waals surface area (Å²) in [6, 6.07) is 2.14. The molecule has 7 heteroatoms. The van der Waals surface area contributed by atoms with Crippen LogP contribution in [0.4, 0.5) is 4.39 Å². The molecule has 6 nitrogen and oxygen atoms in total. The summed E-state index contributed by atoms with van der Waals surface area (Å²) in [6.45, 7) is 7.17. The zero-order chi connectivity index (χ0) is 24.7. The lowest BCUT2D eigenvalue weighted by Gasteiger charge is -2.47.